The molecule has 2 aromatic heterocycles. The smallest absolute Gasteiger partial charge is 0.273 e. The van der Waals surface area contributed by atoms with Gasteiger partial charge in [-0.25, -0.2) is 4.68 Å². The maximum Gasteiger partial charge on any atom is 0.273 e. The Balaban J connectivity index is 1.44. The average Bonchev–Trinajstić information content (AvgIpc) is 3.14. The fourth-order valence-electron chi connectivity index (χ4n) is 4.03. The Morgan fingerprint density at radius 2 is 1.90 bits per heavy atom. The van der Waals surface area contributed by atoms with Crippen molar-refractivity contribution in [2.75, 3.05) is 13.1 Å². The number of aromatic nitrogens is 4. The van der Waals surface area contributed by atoms with Crippen molar-refractivity contribution < 1.29 is 9.59 Å². The largest absolute Gasteiger partial charge is 0.348 e. The summed E-state index contributed by atoms with van der Waals surface area (Å²) in [7, 11) is 0. The second-order valence-corrected chi connectivity index (χ2v) is 8.51. The van der Waals surface area contributed by atoms with Gasteiger partial charge >= 0.3 is 0 Å². The molecule has 1 aliphatic heterocycles. The number of nitrogens with one attached hydrogen (secondary N) is 1. The Bertz CT molecular complexity index is 1090. The molecule has 0 unspecified atom stereocenters. The summed E-state index contributed by atoms with van der Waals surface area (Å²) in [5, 5.41) is 12.4. The topological polar surface area (TPSA) is 93.0 Å². The van der Waals surface area contributed by atoms with Gasteiger partial charge in [0.05, 0.1) is 16.9 Å². The van der Waals surface area contributed by atoms with Crippen LogP contribution in [0, 0.1) is 12.8 Å². The Labute approximate surface area is 181 Å². The van der Waals surface area contributed by atoms with Crippen molar-refractivity contribution in [2.45, 2.75) is 46.1 Å². The predicted octanol–water partition coefficient (Wildman–Crippen LogP) is 2.89. The molecule has 1 aliphatic rings. The maximum absolute atomic E-state index is 12.9. The molecule has 0 saturated carbocycles. The summed E-state index contributed by atoms with van der Waals surface area (Å²) in [6.45, 7) is 7.28. The van der Waals surface area contributed by atoms with Gasteiger partial charge < -0.3 is 10.2 Å². The number of rotatable bonds is 5. The van der Waals surface area contributed by atoms with Crippen LogP contribution in [0.15, 0.2) is 36.5 Å². The molecule has 8 heteroatoms. The van der Waals surface area contributed by atoms with Crippen LogP contribution in [0.25, 0.3) is 16.6 Å². The highest BCUT2D eigenvalue weighted by Gasteiger charge is 2.26. The van der Waals surface area contributed by atoms with Gasteiger partial charge in [0.25, 0.3) is 5.91 Å². The molecule has 0 radical (unpaired) electrons. The Kier molecular flexibility index (Phi) is 5.97. The number of hydrogen-bond donors (Lipinski definition) is 1. The molecule has 0 bridgehead atoms. The molecule has 31 heavy (non-hydrogen) atoms. The lowest BCUT2D eigenvalue weighted by atomic mass is 10.0. The van der Waals surface area contributed by atoms with E-state index < -0.39 is 0 Å². The van der Waals surface area contributed by atoms with Crippen molar-refractivity contribution in [2.24, 2.45) is 5.92 Å². The maximum atomic E-state index is 12.9. The van der Waals surface area contributed by atoms with E-state index in [9.17, 15) is 9.59 Å². The zero-order valence-electron chi connectivity index (χ0n) is 18.2. The average molecular weight is 421 g/mol. The molecular weight excluding hydrogens is 392 g/mol. The van der Waals surface area contributed by atoms with Gasteiger partial charge in [-0.2, -0.15) is 0 Å². The lowest BCUT2D eigenvalue weighted by molar-refractivity contribution is -0.133. The van der Waals surface area contributed by atoms with Crippen molar-refractivity contribution in [3.63, 3.8) is 0 Å². The molecule has 8 nitrogen and oxygen atoms in total. The Hall–Kier alpha value is -3.29. The van der Waals surface area contributed by atoms with E-state index in [4.69, 9.17) is 0 Å². The number of hydrogen-bond acceptors (Lipinski definition) is 5. The monoisotopic (exact) mass is 420 g/mol. The summed E-state index contributed by atoms with van der Waals surface area (Å²) >= 11 is 0. The van der Waals surface area contributed by atoms with E-state index in [1.807, 2.05) is 42.2 Å². The highest BCUT2D eigenvalue weighted by atomic mass is 16.2. The van der Waals surface area contributed by atoms with E-state index in [1.54, 1.807) is 10.9 Å². The Morgan fingerprint density at radius 3 is 2.65 bits per heavy atom. The molecule has 0 atom stereocenters. The number of pyridine rings is 1. The number of para-hydroxylation sites is 1. The lowest BCUT2D eigenvalue weighted by Gasteiger charge is -2.32. The quantitative estimate of drug-likeness (QED) is 0.685. The molecule has 0 spiro atoms. The van der Waals surface area contributed by atoms with E-state index in [2.05, 4.69) is 34.5 Å². The molecular formula is C23H28N6O2. The van der Waals surface area contributed by atoms with Crippen LogP contribution < -0.4 is 5.32 Å². The zero-order chi connectivity index (χ0) is 22.0. The van der Waals surface area contributed by atoms with E-state index in [0.29, 0.717) is 36.8 Å². The third kappa shape index (κ3) is 4.42. The predicted molar refractivity (Wildman–Crippen MR) is 118 cm³/mol. The van der Waals surface area contributed by atoms with Crippen LogP contribution in [0.4, 0.5) is 0 Å². The molecule has 1 N–H and O–H groups in total. The van der Waals surface area contributed by atoms with Gasteiger partial charge in [0.15, 0.2) is 5.69 Å². The first-order valence-corrected chi connectivity index (χ1v) is 10.8. The van der Waals surface area contributed by atoms with Crippen molar-refractivity contribution in [1.29, 1.82) is 0 Å². The summed E-state index contributed by atoms with van der Waals surface area (Å²) in [5.74, 6) is 0.318. The molecule has 0 aliphatic carbocycles. The molecule has 4 rings (SSSR count). The molecule has 3 heterocycles. The fraction of sp³-hybridized carbons (Fsp3) is 0.435. The van der Waals surface area contributed by atoms with Crippen LogP contribution in [0.5, 0.6) is 0 Å². The molecule has 2 amide bonds. The summed E-state index contributed by atoms with van der Waals surface area (Å²) in [6, 6.07) is 9.76. The first-order valence-electron chi connectivity index (χ1n) is 10.8. The van der Waals surface area contributed by atoms with E-state index in [0.717, 1.165) is 29.4 Å². The summed E-state index contributed by atoms with van der Waals surface area (Å²) in [6.07, 6.45) is 3.80. The third-order valence-electron chi connectivity index (χ3n) is 5.72. The summed E-state index contributed by atoms with van der Waals surface area (Å²) < 4.78 is 1.66. The van der Waals surface area contributed by atoms with Crippen LogP contribution in [0.2, 0.25) is 0 Å². The van der Waals surface area contributed by atoms with Gasteiger partial charge in [0.1, 0.15) is 0 Å². The number of nitrogens with zero attached hydrogens (tertiary/aromatic N) is 5. The summed E-state index contributed by atoms with van der Waals surface area (Å²) in [5.41, 5.74) is 2.58. The highest BCUT2D eigenvalue weighted by molar-refractivity contribution is 5.94. The second kappa shape index (κ2) is 8.83. The van der Waals surface area contributed by atoms with Gasteiger partial charge in [-0.05, 0) is 37.8 Å². The number of likely N-dealkylation sites (tertiary alicyclic amines) is 1. The van der Waals surface area contributed by atoms with Crippen molar-refractivity contribution in [1.82, 2.24) is 30.2 Å². The fourth-order valence-corrected chi connectivity index (χ4v) is 4.03. The zero-order valence-corrected chi connectivity index (χ0v) is 18.2. The molecule has 1 fully saturated rings. The number of piperidine rings is 1. The van der Waals surface area contributed by atoms with E-state index in [-0.39, 0.29) is 17.9 Å². The van der Waals surface area contributed by atoms with Crippen molar-refractivity contribution in [3.8, 4) is 5.69 Å². The number of carbonyl (C=O) groups is 2. The first-order chi connectivity index (χ1) is 14.9. The van der Waals surface area contributed by atoms with Crippen LogP contribution in [0.3, 0.4) is 0 Å². The minimum absolute atomic E-state index is 0.0272. The minimum atomic E-state index is -0.232. The SMILES string of the molecule is Cc1c(C(=O)NC2CCN(C(=O)CC(C)C)CC2)nnn1-c1cccc2cccnc12. The molecule has 162 valence electrons. The van der Waals surface area contributed by atoms with Gasteiger partial charge in [0.2, 0.25) is 5.91 Å². The van der Waals surface area contributed by atoms with Crippen LogP contribution in [-0.2, 0) is 4.79 Å². The number of benzene rings is 1. The lowest BCUT2D eigenvalue weighted by Crippen LogP contribution is -2.46. The van der Waals surface area contributed by atoms with Crippen molar-refractivity contribution in [3.05, 3.63) is 47.9 Å². The Morgan fingerprint density at radius 1 is 1.16 bits per heavy atom. The van der Waals surface area contributed by atoms with Crippen LogP contribution in [-0.4, -0.2) is 55.8 Å². The molecule has 1 aromatic carbocycles. The number of fused-ring (bicyclic) bond motifs is 1. The van der Waals surface area contributed by atoms with Crippen molar-refractivity contribution >= 4 is 22.7 Å². The second-order valence-electron chi connectivity index (χ2n) is 8.51. The molecule has 3 aromatic rings. The number of amides is 2. The standard InChI is InChI=1S/C23H28N6O2/c1-15(2)14-20(30)28-12-9-18(10-13-28)25-23(31)21-16(3)29(27-26-21)19-8-4-6-17-7-5-11-24-22(17)19/h4-8,11,15,18H,9-10,12-14H2,1-3H3,(H,25,31). The van der Waals surface area contributed by atoms with Crippen LogP contribution in [0.1, 0.15) is 49.3 Å². The van der Waals surface area contributed by atoms with E-state index in [1.165, 1.54) is 0 Å². The molecule has 1 saturated heterocycles. The van der Waals surface area contributed by atoms with Gasteiger partial charge in [-0.15, -0.1) is 5.10 Å². The van der Waals surface area contributed by atoms with Crippen LogP contribution >= 0.6 is 0 Å². The normalized spacial score (nSPS) is 14.9. The third-order valence-corrected chi connectivity index (χ3v) is 5.72. The highest BCUT2D eigenvalue weighted by Crippen LogP contribution is 2.21. The number of carbonyl (C=O) groups excluding carboxylic acids is 2. The van der Waals surface area contributed by atoms with E-state index >= 15 is 0 Å². The minimum Gasteiger partial charge on any atom is -0.348 e. The van der Waals surface area contributed by atoms with Gasteiger partial charge in [-0.1, -0.05) is 37.3 Å². The van der Waals surface area contributed by atoms with Gasteiger partial charge in [0, 0.05) is 37.1 Å². The first kappa shape index (κ1) is 21.0. The summed E-state index contributed by atoms with van der Waals surface area (Å²) in [4.78, 5) is 31.5. The van der Waals surface area contributed by atoms with Gasteiger partial charge in [-0.3, -0.25) is 14.6 Å².